The number of likely N-dealkylation sites (tertiary alicyclic amines) is 1. The van der Waals surface area contributed by atoms with Crippen LogP contribution in [0.3, 0.4) is 0 Å². The molecular weight excluding hydrogens is 517 g/mol. The van der Waals surface area contributed by atoms with E-state index in [0.29, 0.717) is 22.5 Å². The third kappa shape index (κ3) is 11.8. The molecule has 0 bridgehead atoms. The van der Waals surface area contributed by atoms with E-state index in [1.807, 2.05) is 42.5 Å². The second-order valence-corrected chi connectivity index (χ2v) is 10.7. The first-order chi connectivity index (χ1) is 18.5. The summed E-state index contributed by atoms with van der Waals surface area (Å²) in [5.74, 6) is 0.582. The maximum absolute atomic E-state index is 12.0. The van der Waals surface area contributed by atoms with Crippen molar-refractivity contribution in [2.45, 2.75) is 44.9 Å². The molecule has 1 fully saturated rings. The Morgan fingerprint density at radius 1 is 0.842 bits per heavy atom. The van der Waals surface area contributed by atoms with E-state index in [1.165, 1.54) is 25.5 Å². The molecule has 1 atom stereocenters. The Hall–Kier alpha value is -2.60. The van der Waals surface area contributed by atoms with Crippen LogP contribution in [0.4, 0.5) is 0 Å². The van der Waals surface area contributed by atoms with Crippen LogP contribution in [0.5, 0.6) is 0 Å². The molecule has 2 aromatic carbocycles. The lowest BCUT2D eigenvalue weighted by Crippen LogP contribution is -2.36. The molecule has 3 rings (SSSR count). The van der Waals surface area contributed by atoms with Crippen molar-refractivity contribution in [1.29, 1.82) is 0 Å². The van der Waals surface area contributed by atoms with Crippen molar-refractivity contribution >= 4 is 47.2 Å². The lowest BCUT2D eigenvalue weighted by atomic mass is 9.93. The molecule has 2 amide bonds. The standard InChI is InChI=1S/C31H39Cl2N3O2/c32-28-16-13-26(23-29(28)33)15-18-31(38)34-19-5-2-6-21-36-22-8-12-27(24-36)11-7-20-35-30(37)17-14-25-9-3-1-4-10-25/h1,3-4,9-10,13-18,23,27H,2,5-8,11-12,19-22,24H2,(H,34,38)(H,35,37)/b17-14+,18-15?. The number of piperidine rings is 1. The second-order valence-electron chi connectivity index (χ2n) is 9.84. The summed E-state index contributed by atoms with van der Waals surface area (Å²) in [6.45, 7) is 4.84. The first kappa shape index (κ1) is 29.9. The molecule has 0 radical (unpaired) electrons. The summed E-state index contributed by atoms with van der Waals surface area (Å²) in [5, 5.41) is 6.93. The number of carbonyl (C=O) groups excluding carboxylic acids is 2. The quantitative estimate of drug-likeness (QED) is 0.203. The Labute approximate surface area is 237 Å². The number of amides is 2. The average Bonchev–Trinajstić information content (AvgIpc) is 2.93. The van der Waals surface area contributed by atoms with Gasteiger partial charge in [-0.05, 0) is 92.9 Å². The van der Waals surface area contributed by atoms with Gasteiger partial charge in [0.2, 0.25) is 11.8 Å². The van der Waals surface area contributed by atoms with Gasteiger partial charge in [-0.2, -0.15) is 0 Å². The summed E-state index contributed by atoms with van der Waals surface area (Å²) >= 11 is 11.9. The van der Waals surface area contributed by atoms with E-state index in [1.54, 1.807) is 24.3 Å². The summed E-state index contributed by atoms with van der Waals surface area (Å²) in [6.07, 6.45) is 14.6. The lowest BCUT2D eigenvalue weighted by Gasteiger charge is -2.32. The zero-order valence-electron chi connectivity index (χ0n) is 22.0. The zero-order valence-corrected chi connectivity index (χ0v) is 23.5. The number of carbonyl (C=O) groups is 2. The summed E-state index contributed by atoms with van der Waals surface area (Å²) in [6, 6.07) is 15.1. The Morgan fingerprint density at radius 2 is 1.55 bits per heavy atom. The van der Waals surface area contributed by atoms with Gasteiger partial charge in [-0.3, -0.25) is 9.59 Å². The fourth-order valence-corrected chi connectivity index (χ4v) is 4.99. The molecule has 0 aromatic heterocycles. The SMILES string of the molecule is O=C(C=Cc1ccc(Cl)c(Cl)c1)NCCCCCN1CCCC(CCCNC(=O)/C=C/c2ccccc2)C1. The van der Waals surface area contributed by atoms with Crippen LogP contribution in [0.15, 0.2) is 60.7 Å². The van der Waals surface area contributed by atoms with Crippen molar-refractivity contribution < 1.29 is 9.59 Å². The maximum Gasteiger partial charge on any atom is 0.243 e. The van der Waals surface area contributed by atoms with Crippen LogP contribution in [0.25, 0.3) is 12.2 Å². The largest absolute Gasteiger partial charge is 0.353 e. The number of benzene rings is 2. The molecule has 0 aliphatic carbocycles. The summed E-state index contributed by atoms with van der Waals surface area (Å²) in [7, 11) is 0. The molecule has 7 heteroatoms. The number of rotatable bonds is 14. The molecular formula is C31H39Cl2N3O2. The third-order valence-corrected chi connectivity index (χ3v) is 7.48. The normalized spacial score (nSPS) is 16.2. The van der Waals surface area contributed by atoms with Gasteiger partial charge in [0, 0.05) is 31.8 Å². The fraction of sp³-hybridized carbons (Fsp3) is 0.419. The minimum absolute atomic E-state index is 0.0298. The van der Waals surface area contributed by atoms with Crippen molar-refractivity contribution in [3.8, 4) is 0 Å². The van der Waals surface area contributed by atoms with E-state index in [9.17, 15) is 9.59 Å². The molecule has 5 nitrogen and oxygen atoms in total. The predicted molar refractivity (Wildman–Crippen MR) is 159 cm³/mol. The number of nitrogens with zero attached hydrogens (tertiary/aromatic N) is 1. The molecule has 0 spiro atoms. The topological polar surface area (TPSA) is 61.4 Å². The van der Waals surface area contributed by atoms with Crippen molar-refractivity contribution in [3.05, 3.63) is 81.9 Å². The van der Waals surface area contributed by atoms with Gasteiger partial charge >= 0.3 is 0 Å². The van der Waals surface area contributed by atoms with Crippen LogP contribution in [-0.4, -0.2) is 49.4 Å². The van der Waals surface area contributed by atoms with Gasteiger partial charge in [-0.1, -0.05) is 66.0 Å². The Balaban J connectivity index is 1.20. The van der Waals surface area contributed by atoms with Crippen LogP contribution in [0, 0.1) is 5.92 Å². The van der Waals surface area contributed by atoms with E-state index in [-0.39, 0.29) is 11.8 Å². The van der Waals surface area contributed by atoms with Gasteiger partial charge in [-0.15, -0.1) is 0 Å². The van der Waals surface area contributed by atoms with Crippen LogP contribution < -0.4 is 10.6 Å². The Bertz CT molecular complexity index is 1070. The summed E-state index contributed by atoms with van der Waals surface area (Å²) < 4.78 is 0. The highest BCUT2D eigenvalue weighted by atomic mass is 35.5. The number of hydrogen-bond acceptors (Lipinski definition) is 3. The first-order valence-electron chi connectivity index (χ1n) is 13.6. The average molecular weight is 557 g/mol. The smallest absolute Gasteiger partial charge is 0.243 e. The van der Waals surface area contributed by atoms with Crippen molar-refractivity contribution in [3.63, 3.8) is 0 Å². The number of halogens is 2. The molecule has 2 N–H and O–H groups in total. The molecule has 1 heterocycles. The lowest BCUT2D eigenvalue weighted by molar-refractivity contribution is -0.117. The number of nitrogens with one attached hydrogen (secondary N) is 2. The van der Waals surface area contributed by atoms with E-state index in [2.05, 4.69) is 15.5 Å². The molecule has 38 heavy (non-hydrogen) atoms. The molecule has 204 valence electrons. The summed E-state index contributed by atoms with van der Waals surface area (Å²) in [4.78, 5) is 26.6. The second kappa shape index (κ2) is 17.1. The van der Waals surface area contributed by atoms with Crippen LogP contribution in [0.2, 0.25) is 10.0 Å². The molecule has 1 saturated heterocycles. The third-order valence-electron chi connectivity index (χ3n) is 6.74. The molecule has 1 aliphatic rings. The molecule has 1 aliphatic heterocycles. The summed E-state index contributed by atoms with van der Waals surface area (Å²) in [5.41, 5.74) is 1.87. The Morgan fingerprint density at radius 3 is 2.29 bits per heavy atom. The van der Waals surface area contributed by atoms with E-state index in [0.717, 1.165) is 62.9 Å². The zero-order chi connectivity index (χ0) is 27.0. The van der Waals surface area contributed by atoms with Crippen LogP contribution in [-0.2, 0) is 9.59 Å². The Kier molecular flexibility index (Phi) is 13.5. The monoisotopic (exact) mass is 555 g/mol. The molecule has 0 saturated carbocycles. The van der Waals surface area contributed by atoms with E-state index in [4.69, 9.17) is 23.2 Å². The minimum atomic E-state index is -0.0987. The van der Waals surface area contributed by atoms with Crippen LogP contribution in [0.1, 0.15) is 56.1 Å². The van der Waals surface area contributed by atoms with Gasteiger partial charge in [0.1, 0.15) is 0 Å². The van der Waals surface area contributed by atoms with Gasteiger partial charge < -0.3 is 15.5 Å². The van der Waals surface area contributed by atoms with Crippen molar-refractivity contribution in [2.24, 2.45) is 5.92 Å². The predicted octanol–water partition coefficient (Wildman–Crippen LogP) is 6.61. The van der Waals surface area contributed by atoms with Gasteiger partial charge in [-0.25, -0.2) is 0 Å². The fourth-order valence-electron chi connectivity index (χ4n) is 4.68. The highest BCUT2D eigenvalue weighted by molar-refractivity contribution is 6.42. The minimum Gasteiger partial charge on any atom is -0.353 e. The van der Waals surface area contributed by atoms with Crippen molar-refractivity contribution in [2.75, 3.05) is 32.7 Å². The number of unbranched alkanes of at least 4 members (excludes halogenated alkanes) is 2. The van der Waals surface area contributed by atoms with Gasteiger partial charge in [0.15, 0.2) is 0 Å². The number of hydrogen-bond donors (Lipinski definition) is 2. The van der Waals surface area contributed by atoms with Crippen LogP contribution >= 0.6 is 23.2 Å². The maximum atomic E-state index is 12.0. The van der Waals surface area contributed by atoms with Gasteiger partial charge in [0.25, 0.3) is 0 Å². The van der Waals surface area contributed by atoms with Crippen molar-refractivity contribution in [1.82, 2.24) is 15.5 Å². The molecule has 1 unspecified atom stereocenters. The first-order valence-corrected chi connectivity index (χ1v) is 14.4. The highest BCUT2D eigenvalue weighted by Gasteiger charge is 2.19. The van der Waals surface area contributed by atoms with E-state index >= 15 is 0 Å². The van der Waals surface area contributed by atoms with Gasteiger partial charge in [0.05, 0.1) is 10.0 Å². The molecule has 2 aromatic rings. The highest BCUT2D eigenvalue weighted by Crippen LogP contribution is 2.23. The van der Waals surface area contributed by atoms with E-state index < -0.39 is 0 Å².